The van der Waals surface area contributed by atoms with Crippen molar-refractivity contribution in [3.63, 3.8) is 0 Å². The van der Waals surface area contributed by atoms with Gasteiger partial charge in [0.25, 0.3) is 0 Å². The molecular formula is C13H12Cl2FN5O3. The minimum absolute atomic E-state index is 0.0900. The number of β-amino-alcohol motifs (C(OH)–C–C–N with tert-alkyl or cyclic N) is 1. The number of aliphatic hydroxyl groups is 1. The van der Waals surface area contributed by atoms with Crippen LogP contribution in [0.1, 0.15) is 6.42 Å². The van der Waals surface area contributed by atoms with E-state index < -0.39 is 24.1 Å². The van der Waals surface area contributed by atoms with Crippen LogP contribution in [0.2, 0.25) is 10.4 Å². The topological polar surface area (TPSA) is 111 Å². The first-order valence-electron chi connectivity index (χ1n) is 6.95. The van der Waals surface area contributed by atoms with Gasteiger partial charge in [-0.1, -0.05) is 11.6 Å². The summed E-state index contributed by atoms with van der Waals surface area (Å²) in [5.41, 5.74) is -0.0900. The third-order valence-corrected chi connectivity index (χ3v) is 4.08. The average molecular weight is 376 g/mol. The number of nitrogens with one attached hydrogen (secondary N) is 1. The van der Waals surface area contributed by atoms with Crippen molar-refractivity contribution >= 4 is 46.0 Å². The summed E-state index contributed by atoms with van der Waals surface area (Å²) >= 11 is 11.5. The van der Waals surface area contributed by atoms with Crippen LogP contribution in [-0.2, 0) is 0 Å². The Morgan fingerprint density at radius 3 is 2.83 bits per heavy atom. The molecule has 0 spiro atoms. The van der Waals surface area contributed by atoms with Crippen LogP contribution in [0.4, 0.5) is 15.0 Å². The van der Waals surface area contributed by atoms with E-state index >= 15 is 0 Å². The molecule has 1 aliphatic heterocycles. The number of carboxylic acid groups (broad SMARTS) is 1. The molecule has 2 atom stereocenters. The minimum atomic E-state index is -1.20. The van der Waals surface area contributed by atoms with Gasteiger partial charge in [-0.05, 0) is 18.0 Å². The van der Waals surface area contributed by atoms with Gasteiger partial charge in [0.15, 0.2) is 11.0 Å². The molecule has 0 saturated carbocycles. The zero-order chi connectivity index (χ0) is 17.4. The predicted molar refractivity (Wildman–Crippen MR) is 85.1 cm³/mol. The maximum Gasteiger partial charge on any atom is 0.404 e. The van der Waals surface area contributed by atoms with Gasteiger partial charge in [-0.25, -0.2) is 19.2 Å². The summed E-state index contributed by atoms with van der Waals surface area (Å²) in [7, 11) is 0. The summed E-state index contributed by atoms with van der Waals surface area (Å²) in [4.78, 5) is 24.1. The van der Waals surface area contributed by atoms with E-state index in [0.29, 0.717) is 0 Å². The van der Waals surface area contributed by atoms with E-state index in [1.54, 1.807) is 4.90 Å². The van der Waals surface area contributed by atoms with Crippen LogP contribution in [0.5, 0.6) is 0 Å². The first-order valence-corrected chi connectivity index (χ1v) is 7.70. The number of piperidine rings is 1. The number of aliphatic hydroxyl groups excluding tert-OH is 1. The van der Waals surface area contributed by atoms with Gasteiger partial charge in [-0.15, -0.1) is 0 Å². The Morgan fingerprint density at radius 2 is 2.12 bits per heavy atom. The molecule has 3 N–H and O–H groups in total. The van der Waals surface area contributed by atoms with E-state index in [4.69, 9.17) is 28.3 Å². The summed E-state index contributed by atoms with van der Waals surface area (Å²) in [5, 5.41) is 20.9. The van der Waals surface area contributed by atoms with Crippen molar-refractivity contribution < 1.29 is 19.4 Å². The number of fused-ring (bicyclic) bond motifs is 1. The molecule has 0 aromatic carbocycles. The van der Waals surface area contributed by atoms with E-state index in [2.05, 4.69) is 20.3 Å². The van der Waals surface area contributed by atoms with Crippen LogP contribution in [0.15, 0.2) is 6.20 Å². The van der Waals surface area contributed by atoms with Gasteiger partial charge in [0, 0.05) is 19.3 Å². The first-order chi connectivity index (χ1) is 11.3. The normalized spacial score (nSPS) is 21.1. The SMILES string of the molecule is O=C(O)N[C@@H]1C[C@@H](O)CN(c2nc(Cl)nc3c(F)c(Cl)ncc23)C1. The number of pyridine rings is 1. The molecular weight excluding hydrogens is 364 g/mol. The standard InChI is InChI=1S/C13H12Cl2FN5O3/c14-10-8(16)9-7(2-17-10)11(20-12(15)19-9)21-3-5(18-13(23)24)1-6(22)4-21/h2,5-6,18,22H,1,3-4H2,(H,23,24)/t5-,6-/m1/s1. The number of hydrogen-bond acceptors (Lipinski definition) is 6. The molecule has 24 heavy (non-hydrogen) atoms. The number of hydrogen-bond donors (Lipinski definition) is 3. The molecule has 2 aromatic rings. The summed E-state index contributed by atoms with van der Waals surface area (Å²) in [6.07, 6.45) is -0.408. The van der Waals surface area contributed by atoms with Gasteiger partial charge in [0.2, 0.25) is 5.28 Å². The monoisotopic (exact) mass is 375 g/mol. The molecule has 0 unspecified atom stereocenters. The number of amides is 1. The average Bonchev–Trinajstić information content (AvgIpc) is 2.49. The number of aromatic nitrogens is 3. The predicted octanol–water partition coefficient (Wildman–Crippen LogP) is 1.68. The third-order valence-electron chi connectivity index (χ3n) is 3.65. The summed E-state index contributed by atoms with van der Waals surface area (Å²) in [6, 6.07) is -0.514. The highest BCUT2D eigenvalue weighted by Gasteiger charge is 2.29. The van der Waals surface area contributed by atoms with E-state index in [1.807, 2.05) is 0 Å². The van der Waals surface area contributed by atoms with Crippen LogP contribution in [0.25, 0.3) is 10.9 Å². The second-order valence-corrected chi connectivity index (χ2v) is 6.08. The van der Waals surface area contributed by atoms with Crippen molar-refractivity contribution in [1.82, 2.24) is 20.3 Å². The zero-order valence-corrected chi connectivity index (χ0v) is 13.6. The molecule has 0 aliphatic carbocycles. The van der Waals surface area contributed by atoms with Crippen LogP contribution >= 0.6 is 23.2 Å². The van der Waals surface area contributed by atoms with Gasteiger partial charge in [0.05, 0.1) is 17.5 Å². The van der Waals surface area contributed by atoms with Gasteiger partial charge in [0.1, 0.15) is 11.3 Å². The molecule has 8 nitrogen and oxygen atoms in total. The Bertz CT molecular complexity index is 809. The molecule has 1 aliphatic rings. The highest BCUT2D eigenvalue weighted by molar-refractivity contribution is 6.30. The van der Waals surface area contributed by atoms with Crippen LogP contribution in [0.3, 0.4) is 0 Å². The van der Waals surface area contributed by atoms with Crippen LogP contribution in [0, 0.1) is 5.82 Å². The fraction of sp³-hybridized carbons (Fsp3) is 0.385. The molecule has 1 saturated heterocycles. The smallest absolute Gasteiger partial charge is 0.404 e. The Balaban J connectivity index is 2.04. The molecule has 2 aromatic heterocycles. The molecule has 3 rings (SSSR count). The lowest BCUT2D eigenvalue weighted by molar-refractivity contribution is 0.132. The van der Waals surface area contributed by atoms with Gasteiger partial charge >= 0.3 is 6.09 Å². The Labute approximate surface area is 145 Å². The maximum absolute atomic E-state index is 14.1. The van der Waals surface area contributed by atoms with Gasteiger partial charge < -0.3 is 20.4 Å². The fourth-order valence-corrected chi connectivity index (χ4v) is 3.06. The largest absolute Gasteiger partial charge is 0.465 e. The quantitative estimate of drug-likeness (QED) is 0.540. The fourth-order valence-electron chi connectivity index (χ4n) is 2.76. The van der Waals surface area contributed by atoms with Crippen molar-refractivity contribution in [2.75, 3.05) is 18.0 Å². The lowest BCUT2D eigenvalue weighted by Gasteiger charge is -2.36. The van der Waals surface area contributed by atoms with Gasteiger partial charge in [-0.2, -0.15) is 4.98 Å². The molecule has 1 amide bonds. The van der Waals surface area contributed by atoms with E-state index in [1.165, 1.54) is 6.20 Å². The molecule has 1 fully saturated rings. The van der Waals surface area contributed by atoms with Crippen molar-refractivity contribution in [3.8, 4) is 0 Å². The number of carbonyl (C=O) groups is 1. The summed E-state index contributed by atoms with van der Waals surface area (Å²) in [6.45, 7) is 0.417. The second-order valence-electron chi connectivity index (χ2n) is 5.38. The van der Waals surface area contributed by atoms with Crippen molar-refractivity contribution in [3.05, 3.63) is 22.5 Å². The highest BCUT2D eigenvalue weighted by atomic mass is 35.5. The summed E-state index contributed by atoms with van der Waals surface area (Å²) < 4.78 is 14.1. The van der Waals surface area contributed by atoms with Gasteiger partial charge in [-0.3, -0.25) is 0 Å². The maximum atomic E-state index is 14.1. The molecule has 11 heteroatoms. The zero-order valence-electron chi connectivity index (χ0n) is 12.1. The third kappa shape index (κ3) is 3.28. The van der Waals surface area contributed by atoms with E-state index in [-0.39, 0.29) is 46.7 Å². The van der Waals surface area contributed by atoms with Crippen molar-refractivity contribution in [2.45, 2.75) is 18.6 Å². The highest BCUT2D eigenvalue weighted by Crippen LogP contribution is 2.30. The van der Waals surface area contributed by atoms with E-state index in [9.17, 15) is 14.3 Å². The Hall–Kier alpha value is -1.97. The second kappa shape index (κ2) is 6.50. The summed E-state index contributed by atoms with van der Waals surface area (Å²) in [5.74, 6) is -0.568. The lowest BCUT2D eigenvalue weighted by atomic mass is 10.0. The number of nitrogens with zero attached hydrogens (tertiary/aromatic N) is 4. The number of halogens is 3. The van der Waals surface area contributed by atoms with Crippen molar-refractivity contribution in [2.24, 2.45) is 0 Å². The number of rotatable bonds is 2. The first kappa shape index (κ1) is 16.9. The molecule has 0 bridgehead atoms. The molecule has 3 heterocycles. The minimum Gasteiger partial charge on any atom is -0.465 e. The Morgan fingerprint density at radius 1 is 1.38 bits per heavy atom. The van der Waals surface area contributed by atoms with Crippen LogP contribution in [-0.4, -0.2) is 56.5 Å². The molecule has 0 radical (unpaired) electrons. The van der Waals surface area contributed by atoms with Crippen LogP contribution < -0.4 is 10.2 Å². The Kier molecular flexibility index (Phi) is 4.57. The van der Waals surface area contributed by atoms with Crippen molar-refractivity contribution in [1.29, 1.82) is 0 Å². The van der Waals surface area contributed by atoms with E-state index in [0.717, 1.165) is 0 Å². The lowest BCUT2D eigenvalue weighted by Crippen LogP contribution is -2.52. The molecule has 128 valence electrons. The number of anilines is 1.